The topological polar surface area (TPSA) is 61.4 Å². The summed E-state index contributed by atoms with van der Waals surface area (Å²) < 4.78 is 4.47. The molecular formula is C76H50N6Si. The number of benzene rings is 12. The number of hydrogen-bond donors (Lipinski definition) is 0. The molecule has 6 nitrogen and oxygen atoms in total. The summed E-state index contributed by atoms with van der Waals surface area (Å²) in [6.07, 6.45) is 0. The highest BCUT2D eigenvalue weighted by atomic mass is 28.3. The van der Waals surface area contributed by atoms with Gasteiger partial charge in [0.05, 0.1) is 44.5 Å². The van der Waals surface area contributed by atoms with E-state index in [1.165, 1.54) is 20.7 Å². The molecule has 0 N–H and O–H groups in total. The zero-order valence-corrected chi connectivity index (χ0v) is 46.1. The highest BCUT2D eigenvalue weighted by Crippen LogP contribution is 2.42. The van der Waals surface area contributed by atoms with Crippen molar-refractivity contribution >= 4 is 94.2 Å². The van der Waals surface area contributed by atoms with Crippen molar-refractivity contribution < 1.29 is 0 Å². The molecule has 12 aromatic carbocycles. The lowest BCUT2D eigenvalue weighted by molar-refractivity contribution is 1.01. The van der Waals surface area contributed by atoms with Crippen LogP contribution in [0.2, 0.25) is 0 Å². The van der Waals surface area contributed by atoms with E-state index >= 15 is 0 Å². The van der Waals surface area contributed by atoms with E-state index in [1.807, 2.05) is 0 Å². The van der Waals surface area contributed by atoms with Crippen molar-refractivity contribution in [3.8, 4) is 56.7 Å². The van der Waals surface area contributed by atoms with Crippen molar-refractivity contribution in [3.63, 3.8) is 0 Å². The molecule has 83 heavy (non-hydrogen) atoms. The summed E-state index contributed by atoms with van der Waals surface area (Å²) in [5.41, 5.74) is 14.1. The molecule has 388 valence electrons. The Kier molecular flexibility index (Phi) is 11.4. The second-order valence-electron chi connectivity index (χ2n) is 21.3. The smallest absolute Gasteiger partial charge is 0.235 e. The first kappa shape index (κ1) is 48.1. The van der Waals surface area contributed by atoms with Gasteiger partial charge in [-0.2, -0.15) is 0 Å². The summed E-state index contributed by atoms with van der Waals surface area (Å²) in [4.78, 5) is 22.2. The molecule has 0 spiro atoms. The molecule has 0 aliphatic rings. The zero-order valence-electron chi connectivity index (χ0n) is 45.1. The fourth-order valence-electron chi connectivity index (χ4n) is 13.0. The monoisotopic (exact) mass is 1070 g/mol. The summed E-state index contributed by atoms with van der Waals surface area (Å²) in [7, 11) is -2.86. The van der Waals surface area contributed by atoms with E-state index in [4.69, 9.17) is 19.9 Å². The average Bonchev–Trinajstić information content (AvgIpc) is 2.83. The van der Waals surface area contributed by atoms with Crippen molar-refractivity contribution in [1.29, 1.82) is 0 Å². The molecular weight excluding hydrogens is 1020 g/mol. The normalized spacial score (nSPS) is 11.9. The van der Waals surface area contributed by atoms with Crippen LogP contribution in [0, 0.1) is 0 Å². The molecule has 0 saturated heterocycles. The van der Waals surface area contributed by atoms with Crippen LogP contribution in [0.1, 0.15) is 0 Å². The number of rotatable bonds is 10. The van der Waals surface area contributed by atoms with E-state index in [1.54, 1.807) is 0 Å². The Hall–Kier alpha value is -10.9. The summed E-state index contributed by atoms with van der Waals surface area (Å²) in [6, 6.07) is 109. The van der Waals surface area contributed by atoms with Crippen LogP contribution in [-0.4, -0.2) is 37.1 Å². The highest BCUT2D eigenvalue weighted by molar-refractivity contribution is 7.19. The molecule has 0 saturated carbocycles. The Bertz CT molecular complexity index is 5000. The van der Waals surface area contributed by atoms with E-state index < -0.39 is 8.07 Å². The lowest BCUT2D eigenvalue weighted by Crippen LogP contribution is -2.74. The fourth-order valence-corrected chi connectivity index (χ4v) is 17.8. The first-order valence-corrected chi connectivity index (χ1v) is 30.2. The molecule has 0 atom stereocenters. The number of nitrogens with zero attached hydrogens (tertiary/aromatic N) is 6. The van der Waals surface area contributed by atoms with Crippen LogP contribution in [0.5, 0.6) is 0 Å². The van der Waals surface area contributed by atoms with Gasteiger partial charge in [-0.3, -0.25) is 9.13 Å². The second-order valence-corrected chi connectivity index (χ2v) is 25.1. The highest BCUT2D eigenvalue weighted by Gasteiger charge is 2.41. The molecule has 0 unspecified atom stereocenters. The van der Waals surface area contributed by atoms with Crippen molar-refractivity contribution in [2.45, 2.75) is 0 Å². The van der Waals surface area contributed by atoms with Crippen molar-refractivity contribution in [2.24, 2.45) is 0 Å². The van der Waals surface area contributed by atoms with Crippen LogP contribution in [-0.2, 0) is 0 Å². The molecule has 16 aromatic rings. The van der Waals surface area contributed by atoms with Gasteiger partial charge >= 0.3 is 0 Å². The van der Waals surface area contributed by atoms with Gasteiger partial charge in [-0.15, -0.1) is 0 Å². The molecule has 0 aliphatic heterocycles. The quantitative estimate of drug-likeness (QED) is 0.101. The van der Waals surface area contributed by atoms with Gasteiger partial charge in [0.25, 0.3) is 0 Å². The maximum absolute atomic E-state index is 5.69. The molecule has 4 heterocycles. The van der Waals surface area contributed by atoms with Crippen LogP contribution in [0.15, 0.2) is 303 Å². The van der Waals surface area contributed by atoms with Gasteiger partial charge in [0, 0.05) is 43.4 Å². The summed E-state index contributed by atoms with van der Waals surface area (Å²) in [6.45, 7) is 0. The molecule has 7 heteroatoms. The number of aromatic nitrogens is 6. The lowest BCUT2D eigenvalue weighted by Gasteiger charge is -2.34. The van der Waals surface area contributed by atoms with Crippen molar-refractivity contribution in [3.05, 3.63) is 303 Å². The molecule has 0 aliphatic carbocycles. The van der Waals surface area contributed by atoms with E-state index in [-0.39, 0.29) is 0 Å². The maximum Gasteiger partial charge on any atom is 0.235 e. The zero-order chi connectivity index (χ0) is 54.8. The van der Waals surface area contributed by atoms with Gasteiger partial charge in [0.2, 0.25) is 11.9 Å². The number of hydrogen-bond acceptors (Lipinski definition) is 4. The predicted molar refractivity (Wildman–Crippen MR) is 347 cm³/mol. The Morgan fingerprint density at radius 3 is 1.29 bits per heavy atom. The van der Waals surface area contributed by atoms with Crippen molar-refractivity contribution in [2.75, 3.05) is 0 Å². The predicted octanol–water partition coefficient (Wildman–Crippen LogP) is 15.8. The third-order valence-corrected chi connectivity index (χ3v) is 21.5. The largest absolute Gasteiger partial charge is 0.278 e. The lowest BCUT2D eigenvalue weighted by atomic mass is 9.96. The Labute approximate surface area is 480 Å². The SMILES string of the molecule is c1ccc(-c2cccc(-c3nc(-n4c5ccccc5c5ccccc54)nc4ccc(-c5cccc6c5c5ccccc5n6-c5nc(-c6cccc([Si](c7ccccc7)(c7ccccc7)c7ccccc7)c6)c6ccccc6n5)cc34)c2)cc1. The van der Waals surface area contributed by atoms with Gasteiger partial charge in [-0.1, -0.05) is 255 Å². The molecule has 0 fully saturated rings. The fraction of sp³-hybridized carbons (Fsp3) is 0. The van der Waals surface area contributed by atoms with Gasteiger partial charge in [0.15, 0.2) is 8.07 Å². The van der Waals surface area contributed by atoms with Crippen LogP contribution >= 0.6 is 0 Å². The van der Waals surface area contributed by atoms with Gasteiger partial charge < -0.3 is 0 Å². The molecule has 0 bridgehead atoms. The minimum atomic E-state index is -2.86. The maximum atomic E-state index is 5.69. The Balaban J connectivity index is 0.892. The number of para-hydroxylation sites is 4. The average molecular weight is 1080 g/mol. The minimum Gasteiger partial charge on any atom is -0.278 e. The molecule has 4 aromatic heterocycles. The minimum absolute atomic E-state index is 0.607. The summed E-state index contributed by atoms with van der Waals surface area (Å²) in [5, 5.41) is 11.7. The summed E-state index contributed by atoms with van der Waals surface area (Å²) in [5.74, 6) is 1.23. The second kappa shape index (κ2) is 19.7. The van der Waals surface area contributed by atoms with E-state index in [9.17, 15) is 0 Å². The van der Waals surface area contributed by atoms with Gasteiger partial charge in [-0.25, -0.2) is 19.9 Å². The standard InChI is InChI=1S/C76H50N6Si/c1-5-24-51(25-6-1)52-26-21-27-54(48-52)74-65-50-53(46-47-67(65)78-75(80-74)81-68-42-18-14-36-61(68)62-37-15-19-43-69(62)81)60-40-23-45-71-72(60)64-39-16-20-44-70(64)82(71)76-77-66-41-17-13-38-63(66)73(79-76)55-28-22-35-59(49-55)83(56-29-7-2-8-30-56,57-31-9-3-10-32-57)58-33-11-4-12-34-58/h1-50H. The third-order valence-electron chi connectivity index (χ3n) is 16.7. The number of fused-ring (bicyclic) bond motifs is 8. The van der Waals surface area contributed by atoms with E-state index in [0.717, 1.165) is 110 Å². The van der Waals surface area contributed by atoms with Crippen LogP contribution in [0.3, 0.4) is 0 Å². The Morgan fingerprint density at radius 2 is 0.663 bits per heavy atom. The van der Waals surface area contributed by atoms with Crippen LogP contribution in [0.25, 0.3) is 122 Å². The van der Waals surface area contributed by atoms with Crippen LogP contribution < -0.4 is 20.7 Å². The van der Waals surface area contributed by atoms with Crippen LogP contribution in [0.4, 0.5) is 0 Å². The van der Waals surface area contributed by atoms with Gasteiger partial charge in [0.1, 0.15) is 0 Å². The molecule has 0 amide bonds. The first-order valence-electron chi connectivity index (χ1n) is 28.2. The van der Waals surface area contributed by atoms with E-state index in [0.29, 0.717) is 11.9 Å². The Morgan fingerprint density at radius 1 is 0.241 bits per heavy atom. The molecule has 16 rings (SSSR count). The summed E-state index contributed by atoms with van der Waals surface area (Å²) >= 11 is 0. The van der Waals surface area contributed by atoms with Gasteiger partial charge in [-0.05, 0) is 91.5 Å². The van der Waals surface area contributed by atoms with Crippen molar-refractivity contribution in [1.82, 2.24) is 29.1 Å². The van der Waals surface area contributed by atoms with E-state index in [2.05, 4.69) is 312 Å². The third kappa shape index (κ3) is 7.85. The molecule has 0 radical (unpaired) electrons. The first-order chi connectivity index (χ1) is 41.2.